The van der Waals surface area contributed by atoms with Crippen LogP contribution in [0.25, 0.3) is 5.69 Å². The van der Waals surface area contributed by atoms with Crippen molar-refractivity contribution in [3.8, 4) is 5.69 Å². The van der Waals surface area contributed by atoms with Crippen LogP contribution in [0.2, 0.25) is 0 Å². The Balaban J connectivity index is 1.68. The lowest BCUT2D eigenvalue weighted by molar-refractivity contribution is -0.120. The van der Waals surface area contributed by atoms with Crippen LogP contribution in [0.1, 0.15) is 35.0 Å². The second-order valence-electron chi connectivity index (χ2n) is 6.90. The van der Waals surface area contributed by atoms with Gasteiger partial charge in [-0.3, -0.25) is 9.36 Å². The smallest absolute Gasteiger partial charge is 0.238 e. The van der Waals surface area contributed by atoms with Gasteiger partial charge in [-0.2, -0.15) is 0 Å². The summed E-state index contributed by atoms with van der Waals surface area (Å²) in [4.78, 5) is 12.9. The summed E-state index contributed by atoms with van der Waals surface area (Å²) in [6, 6.07) is 18.4. The monoisotopic (exact) mass is 378 g/mol. The fraction of sp³-hybridized carbons (Fsp3) is 0.286. The molecule has 138 valence electrons. The Morgan fingerprint density at radius 1 is 1.11 bits per heavy atom. The van der Waals surface area contributed by atoms with Crippen LogP contribution in [0.5, 0.6) is 0 Å². The summed E-state index contributed by atoms with van der Waals surface area (Å²) in [7, 11) is 0. The minimum absolute atomic E-state index is 0.0325. The fourth-order valence-corrected chi connectivity index (χ4v) is 4.10. The summed E-state index contributed by atoms with van der Waals surface area (Å²) in [6.07, 6.45) is 2.13. The molecule has 4 rings (SSSR count). The number of aryl methyl sites for hydroxylation is 2. The normalized spacial score (nSPS) is 14.7. The molecule has 1 fully saturated rings. The summed E-state index contributed by atoms with van der Waals surface area (Å²) in [6.45, 7) is 3.99. The van der Waals surface area contributed by atoms with E-state index in [1.54, 1.807) is 0 Å². The van der Waals surface area contributed by atoms with Gasteiger partial charge < -0.3 is 5.32 Å². The van der Waals surface area contributed by atoms with Gasteiger partial charge in [-0.1, -0.05) is 54.2 Å². The van der Waals surface area contributed by atoms with E-state index in [-0.39, 0.29) is 11.2 Å². The molecular formula is C21H22N4OS. The van der Waals surface area contributed by atoms with Crippen molar-refractivity contribution >= 4 is 17.7 Å². The third-order valence-electron chi connectivity index (χ3n) is 4.54. The Hall–Kier alpha value is -2.60. The number of carbonyl (C=O) groups excluding carboxylic acids is 1. The quantitative estimate of drug-likeness (QED) is 0.659. The molecule has 0 saturated heterocycles. The maximum atomic E-state index is 12.9. The molecular weight excluding hydrogens is 356 g/mol. The standard InChI is InChI=1S/C21H22N4OS/c1-14-7-6-10-18(13-14)25-15(2)23-24-21(25)27-19(16-8-4-3-5-9-16)20(26)22-17-11-12-17/h3-10,13,17,19H,11-12H2,1-2H3,(H,22,26)/t19-/m0/s1. The number of rotatable bonds is 6. The van der Waals surface area contributed by atoms with Crippen molar-refractivity contribution in [2.45, 2.75) is 43.1 Å². The summed E-state index contributed by atoms with van der Waals surface area (Å²) in [5, 5.41) is 12.1. The second kappa shape index (κ2) is 7.56. The molecule has 27 heavy (non-hydrogen) atoms. The van der Waals surface area contributed by atoms with Crippen molar-refractivity contribution in [3.63, 3.8) is 0 Å². The van der Waals surface area contributed by atoms with E-state index in [1.165, 1.54) is 17.3 Å². The fourth-order valence-electron chi connectivity index (χ4n) is 2.99. The highest BCUT2D eigenvalue weighted by atomic mass is 32.2. The first kappa shape index (κ1) is 17.8. The minimum atomic E-state index is -0.362. The summed E-state index contributed by atoms with van der Waals surface area (Å²) < 4.78 is 2.01. The zero-order valence-corrected chi connectivity index (χ0v) is 16.2. The predicted octanol–water partition coefficient (Wildman–Crippen LogP) is 4.00. The molecule has 1 heterocycles. The third kappa shape index (κ3) is 4.06. The van der Waals surface area contributed by atoms with Gasteiger partial charge in [-0.05, 0) is 49.9 Å². The van der Waals surface area contributed by atoms with Crippen LogP contribution < -0.4 is 5.32 Å². The van der Waals surface area contributed by atoms with Crippen molar-refractivity contribution in [1.82, 2.24) is 20.1 Å². The van der Waals surface area contributed by atoms with Crippen molar-refractivity contribution in [2.75, 3.05) is 0 Å². The Bertz CT molecular complexity index is 950. The van der Waals surface area contributed by atoms with Gasteiger partial charge in [0.2, 0.25) is 5.91 Å². The van der Waals surface area contributed by atoms with Gasteiger partial charge in [0.1, 0.15) is 11.1 Å². The van der Waals surface area contributed by atoms with Crippen LogP contribution in [0.15, 0.2) is 59.8 Å². The number of aromatic nitrogens is 3. The van der Waals surface area contributed by atoms with Gasteiger partial charge in [-0.15, -0.1) is 10.2 Å². The highest BCUT2D eigenvalue weighted by Crippen LogP contribution is 2.36. The van der Waals surface area contributed by atoms with E-state index in [0.717, 1.165) is 35.1 Å². The molecule has 5 nitrogen and oxygen atoms in total. The van der Waals surface area contributed by atoms with Crippen LogP contribution in [0.4, 0.5) is 0 Å². The molecule has 0 aliphatic heterocycles. The van der Waals surface area contributed by atoms with E-state index in [4.69, 9.17) is 0 Å². The number of carbonyl (C=O) groups is 1. The molecule has 1 saturated carbocycles. The Morgan fingerprint density at radius 2 is 1.89 bits per heavy atom. The van der Waals surface area contributed by atoms with Crippen LogP contribution in [0, 0.1) is 13.8 Å². The maximum absolute atomic E-state index is 12.9. The van der Waals surface area contributed by atoms with Crippen molar-refractivity contribution in [3.05, 3.63) is 71.5 Å². The number of nitrogens with one attached hydrogen (secondary N) is 1. The van der Waals surface area contributed by atoms with Crippen molar-refractivity contribution < 1.29 is 4.79 Å². The highest BCUT2D eigenvalue weighted by Gasteiger charge is 2.30. The average Bonchev–Trinajstić information content (AvgIpc) is 3.40. The molecule has 1 N–H and O–H groups in total. The number of hydrogen-bond donors (Lipinski definition) is 1. The molecule has 1 atom stereocenters. The van der Waals surface area contributed by atoms with Gasteiger partial charge >= 0.3 is 0 Å². The van der Waals surface area contributed by atoms with E-state index < -0.39 is 0 Å². The molecule has 3 aromatic rings. The van der Waals surface area contributed by atoms with Crippen molar-refractivity contribution in [1.29, 1.82) is 0 Å². The van der Waals surface area contributed by atoms with E-state index in [1.807, 2.05) is 54.0 Å². The van der Waals surface area contributed by atoms with E-state index in [2.05, 4.69) is 34.6 Å². The molecule has 1 aliphatic carbocycles. The number of thioether (sulfide) groups is 1. The topological polar surface area (TPSA) is 59.8 Å². The number of benzene rings is 2. The highest BCUT2D eigenvalue weighted by molar-refractivity contribution is 8.00. The third-order valence-corrected chi connectivity index (χ3v) is 5.74. The van der Waals surface area contributed by atoms with Crippen LogP contribution in [0.3, 0.4) is 0 Å². The molecule has 2 aromatic carbocycles. The summed E-state index contributed by atoms with van der Waals surface area (Å²) in [5.41, 5.74) is 3.15. The van der Waals surface area contributed by atoms with Gasteiger partial charge in [0.15, 0.2) is 5.16 Å². The maximum Gasteiger partial charge on any atom is 0.238 e. The summed E-state index contributed by atoms with van der Waals surface area (Å²) >= 11 is 1.45. The lowest BCUT2D eigenvalue weighted by Crippen LogP contribution is -2.29. The first-order valence-corrected chi connectivity index (χ1v) is 10.0. The first-order chi connectivity index (χ1) is 13.1. The molecule has 6 heteroatoms. The molecule has 0 radical (unpaired) electrons. The van der Waals surface area contributed by atoms with Gasteiger partial charge in [0.05, 0.1) is 0 Å². The Morgan fingerprint density at radius 3 is 2.59 bits per heavy atom. The van der Waals surface area contributed by atoms with Crippen molar-refractivity contribution in [2.24, 2.45) is 0 Å². The molecule has 1 amide bonds. The van der Waals surface area contributed by atoms with Gasteiger partial charge in [0.25, 0.3) is 0 Å². The Labute approximate surface area is 163 Å². The lowest BCUT2D eigenvalue weighted by atomic mass is 10.1. The van der Waals surface area contributed by atoms with E-state index in [9.17, 15) is 4.79 Å². The molecule has 1 aliphatic rings. The average molecular weight is 379 g/mol. The predicted molar refractivity (Wildman–Crippen MR) is 107 cm³/mol. The number of hydrogen-bond acceptors (Lipinski definition) is 4. The van der Waals surface area contributed by atoms with E-state index in [0.29, 0.717) is 6.04 Å². The van der Waals surface area contributed by atoms with Crippen LogP contribution >= 0.6 is 11.8 Å². The lowest BCUT2D eigenvalue weighted by Gasteiger charge is -2.17. The van der Waals surface area contributed by atoms with E-state index >= 15 is 0 Å². The Kier molecular flexibility index (Phi) is 4.99. The molecule has 0 spiro atoms. The number of amides is 1. The molecule has 0 unspecified atom stereocenters. The van der Waals surface area contributed by atoms with Crippen LogP contribution in [-0.4, -0.2) is 26.7 Å². The van der Waals surface area contributed by atoms with Gasteiger partial charge in [0, 0.05) is 11.7 Å². The first-order valence-electron chi connectivity index (χ1n) is 9.13. The second-order valence-corrected chi connectivity index (χ2v) is 7.97. The SMILES string of the molecule is Cc1cccc(-n2c(C)nnc2S[C@H](C(=O)NC2CC2)c2ccccc2)c1. The zero-order valence-electron chi connectivity index (χ0n) is 15.4. The number of nitrogens with zero attached hydrogens (tertiary/aromatic N) is 3. The minimum Gasteiger partial charge on any atom is -0.352 e. The molecule has 0 bridgehead atoms. The summed E-state index contributed by atoms with van der Waals surface area (Å²) in [5.74, 6) is 0.836. The molecule has 1 aromatic heterocycles. The largest absolute Gasteiger partial charge is 0.352 e. The van der Waals surface area contributed by atoms with Crippen LogP contribution in [-0.2, 0) is 4.79 Å². The van der Waals surface area contributed by atoms with Gasteiger partial charge in [-0.25, -0.2) is 0 Å². The zero-order chi connectivity index (χ0) is 18.8.